The highest BCUT2D eigenvalue weighted by molar-refractivity contribution is 6.32. The van der Waals surface area contributed by atoms with Crippen LogP contribution in [0.25, 0.3) is 0 Å². The van der Waals surface area contributed by atoms with Crippen LogP contribution < -0.4 is 10.1 Å². The molecule has 1 heterocycles. The summed E-state index contributed by atoms with van der Waals surface area (Å²) in [5, 5.41) is 3.35. The van der Waals surface area contributed by atoms with Crippen LogP contribution in [0.2, 0.25) is 5.02 Å². The van der Waals surface area contributed by atoms with Crippen LogP contribution in [0, 0.1) is 0 Å². The molecule has 0 aromatic heterocycles. The van der Waals surface area contributed by atoms with Gasteiger partial charge >= 0.3 is 0 Å². The monoisotopic (exact) mass is 326 g/mol. The maximum absolute atomic E-state index is 12.4. The number of carbonyl (C=O) groups excluding carboxylic acids is 1. The number of benzene rings is 1. The quantitative estimate of drug-likeness (QED) is 0.869. The summed E-state index contributed by atoms with van der Waals surface area (Å²) in [5.41, 5.74) is 0.452. The lowest BCUT2D eigenvalue weighted by Gasteiger charge is -2.36. The molecule has 2 rings (SSSR count). The number of halogens is 1. The third kappa shape index (κ3) is 3.21. The van der Waals surface area contributed by atoms with Gasteiger partial charge in [0.2, 0.25) is 5.91 Å². The van der Waals surface area contributed by atoms with Gasteiger partial charge in [0.05, 0.1) is 18.7 Å². The summed E-state index contributed by atoms with van der Waals surface area (Å²) in [4.78, 5) is 14.6. The number of likely N-dealkylation sites (N-methyl/N-ethyl adjacent to an activating group) is 1. The van der Waals surface area contributed by atoms with Crippen molar-refractivity contribution in [2.75, 3.05) is 34.4 Å². The van der Waals surface area contributed by atoms with Gasteiger partial charge in [-0.1, -0.05) is 17.7 Å². The minimum absolute atomic E-state index is 0.00598. The average molecular weight is 327 g/mol. The third-order valence-electron chi connectivity index (χ3n) is 4.25. The van der Waals surface area contributed by atoms with E-state index in [4.69, 9.17) is 21.1 Å². The number of methoxy groups -OCH3 is 2. The molecule has 122 valence electrons. The molecule has 0 spiro atoms. The van der Waals surface area contributed by atoms with E-state index in [0.29, 0.717) is 23.9 Å². The number of ether oxygens (including phenoxy) is 2. The number of nitrogens with one attached hydrogen (secondary N) is 1. The average Bonchev–Trinajstić information content (AvgIpc) is 2.91. The molecular weight excluding hydrogens is 304 g/mol. The fraction of sp³-hybridized carbons (Fsp3) is 0.562. The minimum Gasteiger partial charge on any atom is -0.495 e. The zero-order valence-electron chi connectivity index (χ0n) is 13.3. The third-order valence-corrected chi connectivity index (χ3v) is 4.54. The second kappa shape index (κ2) is 7.31. The van der Waals surface area contributed by atoms with E-state index < -0.39 is 5.54 Å². The smallest absolute Gasteiger partial charge is 0.242 e. The minimum atomic E-state index is -0.601. The summed E-state index contributed by atoms with van der Waals surface area (Å²) in [7, 11) is 4.89. The molecule has 1 aliphatic rings. The molecular formula is C16H23ClN2O3. The molecule has 1 fully saturated rings. The zero-order chi connectivity index (χ0) is 16.2. The predicted molar refractivity (Wildman–Crippen MR) is 86.3 cm³/mol. The summed E-state index contributed by atoms with van der Waals surface area (Å²) in [5.74, 6) is 0.660. The number of nitrogens with zero attached hydrogens (tertiary/aromatic N) is 1. The molecule has 22 heavy (non-hydrogen) atoms. The van der Waals surface area contributed by atoms with Gasteiger partial charge in [-0.3, -0.25) is 9.69 Å². The van der Waals surface area contributed by atoms with Gasteiger partial charge in [-0.2, -0.15) is 0 Å². The molecule has 0 radical (unpaired) electrons. The zero-order valence-corrected chi connectivity index (χ0v) is 14.1. The summed E-state index contributed by atoms with van der Waals surface area (Å²) < 4.78 is 10.5. The molecule has 1 amide bonds. The van der Waals surface area contributed by atoms with E-state index in [1.807, 2.05) is 18.2 Å². The largest absolute Gasteiger partial charge is 0.495 e. The molecule has 0 saturated carbocycles. The number of amides is 1. The van der Waals surface area contributed by atoms with Crippen LogP contribution >= 0.6 is 11.6 Å². The molecule has 6 heteroatoms. The standard InChI is InChI=1S/C16H23ClN2O3/c1-18-15(20)16(11-21-2)7-4-8-19(16)10-12-5-6-14(22-3)13(17)9-12/h5-6,9H,4,7-8,10-11H2,1-3H3,(H,18,20). The summed E-state index contributed by atoms with van der Waals surface area (Å²) >= 11 is 6.19. The SMILES string of the molecule is CNC(=O)C1(COC)CCCN1Cc1ccc(OC)c(Cl)c1. The van der Waals surface area contributed by atoms with Crippen molar-refractivity contribution in [3.63, 3.8) is 0 Å². The van der Waals surface area contributed by atoms with Gasteiger partial charge < -0.3 is 14.8 Å². The topological polar surface area (TPSA) is 50.8 Å². The van der Waals surface area contributed by atoms with Crippen molar-refractivity contribution in [1.29, 1.82) is 0 Å². The van der Waals surface area contributed by atoms with Crippen LogP contribution in [0.1, 0.15) is 18.4 Å². The first kappa shape index (κ1) is 17.1. The molecule has 1 unspecified atom stereocenters. The Morgan fingerprint density at radius 2 is 2.23 bits per heavy atom. The number of hydrogen-bond donors (Lipinski definition) is 1. The van der Waals surface area contributed by atoms with Gasteiger partial charge in [0.25, 0.3) is 0 Å². The molecule has 1 saturated heterocycles. The summed E-state index contributed by atoms with van der Waals surface area (Å²) in [6.45, 7) is 1.90. The van der Waals surface area contributed by atoms with Crippen molar-refractivity contribution in [3.8, 4) is 5.75 Å². The Morgan fingerprint density at radius 3 is 2.82 bits per heavy atom. The Morgan fingerprint density at radius 1 is 1.45 bits per heavy atom. The highest BCUT2D eigenvalue weighted by Gasteiger charge is 2.46. The Labute approximate surface area is 136 Å². The van der Waals surface area contributed by atoms with Crippen molar-refractivity contribution in [2.24, 2.45) is 0 Å². The maximum atomic E-state index is 12.4. The van der Waals surface area contributed by atoms with E-state index in [9.17, 15) is 4.79 Å². The van der Waals surface area contributed by atoms with Crippen LogP contribution in [0.5, 0.6) is 5.75 Å². The number of carbonyl (C=O) groups is 1. The summed E-state index contributed by atoms with van der Waals surface area (Å²) in [6, 6.07) is 5.72. The second-order valence-corrected chi connectivity index (χ2v) is 5.94. The molecule has 1 atom stereocenters. The Balaban J connectivity index is 2.22. The van der Waals surface area contributed by atoms with Gasteiger partial charge in [0, 0.05) is 20.7 Å². The maximum Gasteiger partial charge on any atom is 0.242 e. The summed E-state index contributed by atoms with van der Waals surface area (Å²) in [6.07, 6.45) is 1.77. The molecule has 5 nitrogen and oxygen atoms in total. The first-order chi connectivity index (χ1) is 10.6. The second-order valence-electron chi connectivity index (χ2n) is 5.54. The van der Waals surface area contributed by atoms with Crippen molar-refractivity contribution in [2.45, 2.75) is 24.9 Å². The highest BCUT2D eigenvalue weighted by atomic mass is 35.5. The Hall–Kier alpha value is -1.30. The number of likely N-dealkylation sites (tertiary alicyclic amines) is 1. The van der Waals surface area contributed by atoms with E-state index in [1.165, 1.54) is 0 Å². The van der Waals surface area contributed by atoms with Gasteiger partial charge in [0.1, 0.15) is 11.3 Å². The van der Waals surface area contributed by atoms with Crippen molar-refractivity contribution in [1.82, 2.24) is 10.2 Å². The highest BCUT2D eigenvalue weighted by Crippen LogP contribution is 2.33. The van der Waals surface area contributed by atoms with Crippen LogP contribution in [-0.2, 0) is 16.1 Å². The molecule has 0 aliphatic carbocycles. The van der Waals surface area contributed by atoms with Crippen LogP contribution in [-0.4, -0.2) is 50.8 Å². The van der Waals surface area contributed by atoms with E-state index in [-0.39, 0.29) is 5.91 Å². The van der Waals surface area contributed by atoms with Gasteiger partial charge in [-0.25, -0.2) is 0 Å². The van der Waals surface area contributed by atoms with E-state index in [1.54, 1.807) is 21.3 Å². The van der Waals surface area contributed by atoms with E-state index in [0.717, 1.165) is 24.9 Å². The van der Waals surface area contributed by atoms with E-state index >= 15 is 0 Å². The number of hydrogen-bond acceptors (Lipinski definition) is 4. The van der Waals surface area contributed by atoms with Gasteiger partial charge in [-0.15, -0.1) is 0 Å². The lowest BCUT2D eigenvalue weighted by molar-refractivity contribution is -0.135. The van der Waals surface area contributed by atoms with Crippen LogP contribution in [0.3, 0.4) is 0 Å². The lowest BCUT2D eigenvalue weighted by atomic mass is 9.95. The van der Waals surface area contributed by atoms with Gasteiger partial charge in [0.15, 0.2) is 0 Å². The number of rotatable bonds is 6. The molecule has 1 N–H and O–H groups in total. The van der Waals surface area contributed by atoms with Crippen LogP contribution in [0.4, 0.5) is 0 Å². The lowest BCUT2D eigenvalue weighted by Crippen LogP contribution is -2.57. The molecule has 1 aromatic rings. The van der Waals surface area contributed by atoms with E-state index in [2.05, 4.69) is 10.2 Å². The van der Waals surface area contributed by atoms with Gasteiger partial charge in [-0.05, 0) is 37.1 Å². The predicted octanol–water partition coefficient (Wildman–Crippen LogP) is 2.08. The Bertz CT molecular complexity index is 538. The first-order valence-electron chi connectivity index (χ1n) is 7.36. The fourth-order valence-electron chi connectivity index (χ4n) is 3.15. The Kier molecular flexibility index (Phi) is 5.67. The normalized spacial score (nSPS) is 21.8. The fourth-order valence-corrected chi connectivity index (χ4v) is 3.43. The van der Waals surface area contributed by atoms with Crippen LogP contribution in [0.15, 0.2) is 18.2 Å². The van der Waals surface area contributed by atoms with Crippen molar-refractivity contribution in [3.05, 3.63) is 28.8 Å². The molecule has 1 aliphatic heterocycles. The van der Waals surface area contributed by atoms with Crippen molar-refractivity contribution >= 4 is 17.5 Å². The first-order valence-corrected chi connectivity index (χ1v) is 7.74. The van der Waals surface area contributed by atoms with Crippen molar-refractivity contribution < 1.29 is 14.3 Å². The molecule has 0 bridgehead atoms. The molecule has 1 aromatic carbocycles.